The van der Waals surface area contributed by atoms with E-state index in [1.165, 1.54) is 17.1 Å². The fraction of sp³-hybridized carbons (Fsp3) is 0.500. The fourth-order valence-corrected chi connectivity index (χ4v) is 1.02. The number of aromatic nitrogens is 2. The lowest BCUT2D eigenvalue weighted by Crippen LogP contribution is -2.35. The molecule has 0 aromatic carbocycles. The Labute approximate surface area is 98.4 Å². The molecule has 94 valence electrons. The molecule has 7 heteroatoms. The minimum atomic E-state index is -1.13. The van der Waals surface area contributed by atoms with Crippen LogP contribution in [0.5, 0.6) is 0 Å². The zero-order valence-electron chi connectivity index (χ0n) is 9.93. The lowest BCUT2D eigenvalue weighted by Gasteiger charge is -2.19. The fourth-order valence-electron chi connectivity index (χ4n) is 1.02. The second kappa shape index (κ2) is 4.96. The maximum Gasteiger partial charge on any atom is 0.354 e. The van der Waals surface area contributed by atoms with Crippen LogP contribution in [-0.2, 0) is 16.2 Å². The number of carbonyl (C=O) groups is 2. The molecule has 1 amide bonds. The Morgan fingerprint density at radius 1 is 1.53 bits per heavy atom. The van der Waals surface area contributed by atoms with Gasteiger partial charge >= 0.3 is 5.97 Å². The first-order chi connectivity index (χ1) is 7.79. The quantitative estimate of drug-likeness (QED) is 0.745. The summed E-state index contributed by atoms with van der Waals surface area (Å²) in [7, 11) is 0. The smallest absolute Gasteiger partial charge is 0.354 e. The topological polar surface area (TPSA) is 93.5 Å². The zero-order chi connectivity index (χ0) is 13.1. The van der Waals surface area contributed by atoms with E-state index in [1.54, 1.807) is 20.8 Å². The summed E-state index contributed by atoms with van der Waals surface area (Å²) in [5, 5.41) is 8.80. The maximum atomic E-state index is 11.5. The van der Waals surface area contributed by atoms with Crippen LogP contribution in [0.4, 0.5) is 0 Å². The van der Waals surface area contributed by atoms with Crippen molar-refractivity contribution in [1.29, 1.82) is 0 Å². The Hall–Kier alpha value is -1.89. The molecule has 0 unspecified atom stereocenters. The van der Waals surface area contributed by atoms with Gasteiger partial charge in [0.25, 0.3) is 5.91 Å². The molecule has 0 saturated heterocycles. The van der Waals surface area contributed by atoms with E-state index in [0.717, 1.165) is 0 Å². The molecule has 0 aliphatic carbocycles. The minimum absolute atomic E-state index is 0.0455. The Morgan fingerprint density at radius 3 is 2.71 bits per heavy atom. The van der Waals surface area contributed by atoms with Crippen LogP contribution in [0.2, 0.25) is 0 Å². The first-order valence-corrected chi connectivity index (χ1v) is 5.00. The highest BCUT2D eigenvalue weighted by molar-refractivity contribution is 5.86. The van der Waals surface area contributed by atoms with Crippen molar-refractivity contribution in [2.75, 3.05) is 0 Å². The van der Waals surface area contributed by atoms with E-state index in [-0.39, 0.29) is 12.2 Å². The number of hydrogen-bond acceptors (Lipinski definition) is 4. The number of nitrogens with one attached hydrogen (secondary N) is 1. The van der Waals surface area contributed by atoms with Crippen LogP contribution in [0.3, 0.4) is 0 Å². The van der Waals surface area contributed by atoms with Gasteiger partial charge in [0.05, 0.1) is 18.1 Å². The summed E-state index contributed by atoms with van der Waals surface area (Å²) in [4.78, 5) is 30.9. The van der Waals surface area contributed by atoms with Gasteiger partial charge in [0.2, 0.25) is 0 Å². The summed E-state index contributed by atoms with van der Waals surface area (Å²) < 4.78 is 1.23. The van der Waals surface area contributed by atoms with Gasteiger partial charge in [-0.15, -0.1) is 0 Å². The lowest BCUT2D eigenvalue weighted by atomic mass is 10.2. The third kappa shape index (κ3) is 4.23. The molecule has 0 atom stereocenters. The van der Waals surface area contributed by atoms with E-state index >= 15 is 0 Å². The van der Waals surface area contributed by atoms with Crippen molar-refractivity contribution >= 4 is 11.9 Å². The van der Waals surface area contributed by atoms with E-state index in [0.29, 0.717) is 0 Å². The van der Waals surface area contributed by atoms with E-state index in [4.69, 9.17) is 9.94 Å². The van der Waals surface area contributed by atoms with Crippen molar-refractivity contribution in [3.8, 4) is 0 Å². The molecule has 1 rings (SSSR count). The van der Waals surface area contributed by atoms with Gasteiger partial charge in [0.1, 0.15) is 12.2 Å². The van der Waals surface area contributed by atoms with Gasteiger partial charge in [0.15, 0.2) is 0 Å². The van der Waals surface area contributed by atoms with Gasteiger partial charge in [-0.25, -0.2) is 15.3 Å². The molecule has 7 nitrogen and oxygen atoms in total. The number of nitrogens with zero attached hydrogens (tertiary/aromatic N) is 2. The average molecular weight is 241 g/mol. The lowest BCUT2D eigenvalue weighted by molar-refractivity contribution is -0.146. The van der Waals surface area contributed by atoms with Crippen molar-refractivity contribution in [3.63, 3.8) is 0 Å². The number of carboxylic acid groups (broad SMARTS) is 1. The van der Waals surface area contributed by atoms with Crippen LogP contribution in [0.25, 0.3) is 0 Å². The van der Waals surface area contributed by atoms with Crippen LogP contribution in [0.1, 0.15) is 31.3 Å². The number of amides is 1. The first kappa shape index (κ1) is 13.2. The third-order valence-electron chi connectivity index (χ3n) is 1.72. The third-order valence-corrected chi connectivity index (χ3v) is 1.72. The monoisotopic (exact) mass is 241 g/mol. The van der Waals surface area contributed by atoms with Crippen LogP contribution in [-0.4, -0.2) is 32.1 Å². The summed E-state index contributed by atoms with van der Waals surface area (Å²) in [5.74, 6) is -1.58. The van der Waals surface area contributed by atoms with Gasteiger partial charge < -0.3 is 9.67 Å². The second-order valence-electron chi connectivity index (χ2n) is 4.45. The Morgan fingerprint density at radius 2 is 2.18 bits per heavy atom. The van der Waals surface area contributed by atoms with E-state index in [9.17, 15) is 9.59 Å². The summed E-state index contributed by atoms with van der Waals surface area (Å²) in [5.41, 5.74) is 1.70. The minimum Gasteiger partial charge on any atom is -0.477 e. The van der Waals surface area contributed by atoms with Gasteiger partial charge in [-0.3, -0.25) is 9.63 Å². The molecule has 0 spiro atoms. The molecule has 1 aromatic heterocycles. The molecule has 0 fully saturated rings. The number of aromatic carboxylic acids is 1. The number of carbonyl (C=O) groups excluding carboxylic acids is 1. The van der Waals surface area contributed by atoms with E-state index in [2.05, 4.69) is 10.5 Å². The maximum absolute atomic E-state index is 11.5. The zero-order valence-corrected chi connectivity index (χ0v) is 9.93. The standard InChI is InChI=1S/C10H15N3O4/c1-10(2,3)17-12-8(14)5-13-6-11-4-7(13)9(15)16/h4,6H,5H2,1-3H3,(H,12,14)(H,15,16). The molecular formula is C10H15N3O4. The predicted octanol–water partition coefficient (Wildman–Crippen LogP) is 0.428. The van der Waals surface area contributed by atoms with E-state index in [1.807, 2.05) is 0 Å². The van der Waals surface area contributed by atoms with Crippen molar-refractivity contribution < 1.29 is 19.5 Å². The molecule has 0 aliphatic heterocycles. The Balaban J connectivity index is 2.57. The second-order valence-corrected chi connectivity index (χ2v) is 4.45. The molecule has 0 aliphatic rings. The number of rotatable bonds is 4. The summed E-state index contributed by atoms with van der Waals surface area (Å²) in [6.07, 6.45) is 2.46. The SMILES string of the molecule is CC(C)(C)ONC(=O)Cn1cncc1C(=O)O. The molecule has 0 bridgehead atoms. The molecule has 2 N–H and O–H groups in total. The van der Waals surface area contributed by atoms with Gasteiger partial charge in [-0.2, -0.15) is 0 Å². The highest BCUT2D eigenvalue weighted by Crippen LogP contribution is 2.04. The number of hydroxylamine groups is 1. The van der Waals surface area contributed by atoms with Gasteiger partial charge in [-0.1, -0.05) is 0 Å². The molecule has 17 heavy (non-hydrogen) atoms. The molecule has 0 saturated carbocycles. The molecule has 1 heterocycles. The predicted molar refractivity (Wildman–Crippen MR) is 58.2 cm³/mol. The number of imidazole rings is 1. The summed E-state index contributed by atoms with van der Waals surface area (Å²) in [6.45, 7) is 5.20. The van der Waals surface area contributed by atoms with Crippen molar-refractivity contribution in [3.05, 3.63) is 18.2 Å². The van der Waals surface area contributed by atoms with E-state index < -0.39 is 17.5 Å². The summed E-state index contributed by atoms with van der Waals surface area (Å²) >= 11 is 0. The highest BCUT2D eigenvalue weighted by Gasteiger charge is 2.15. The Bertz CT molecular complexity index is 419. The molecular weight excluding hydrogens is 226 g/mol. The van der Waals surface area contributed by atoms with Crippen LogP contribution in [0.15, 0.2) is 12.5 Å². The normalized spacial score (nSPS) is 11.2. The molecule has 1 aromatic rings. The largest absolute Gasteiger partial charge is 0.477 e. The highest BCUT2D eigenvalue weighted by atomic mass is 16.7. The number of hydrogen-bond donors (Lipinski definition) is 2. The van der Waals surface area contributed by atoms with Gasteiger partial charge in [-0.05, 0) is 20.8 Å². The van der Waals surface area contributed by atoms with Crippen LogP contribution < -0.4 is 5.48 Å². The van der Waals surface area contributed by atoms with Crippen LogP contribution in [0, 0.1) is 0 Å². The first-order valence-electron chi connectivity index (χ1n) is 5.00. The molecule has 0 radical (unpaired) electrons. The average Bonchev–Trinajstić information content (AvgIpc) is 2.62. The van der Waals surface area contributed by atoms with Crippen molar-refractivity contribution in [2.24, 2.45) is 0 Å². The van der Waals surface area contributed by atoms with Crippen LogP contribution >= 0.6 is 0 Å². The van der Waals surface area contributed by atoms with Crippen molar-refractivity contribution in [1.82, 2.24) is 15.0 Å². The van der Waals surface area contributed by atoms with Crippen molar-refractivity contribution in [2.45, 2.75) is 32.9 Å². The Kier molecular flexibility index (Phi) is 3.84. The number of carboxylic acids is 1. The van der Waals surface area contributed by atoms with Gasteiger partial charge in [0, 0.05) is 0 Å². The summed E-state index contributed by atoms with van der Waals surface area (Å²) in [6, 6.07) is 0.